The van der Waals surface area contributed by atoms with Gasteiger partial charge in [0, 0.05) is 6.42 Å². The second-order valence-electron chi connectivity index (χ2n) is 6.39. The number of hydrogen-bond donors (Lipinski definition) is 4. The lowest BCUT2D eigenvalue weighted by Crippen LogP contribution is -2.45. The number of esters is 1. The second kappa shape index (κ2) is 15.3. The van der Waals surface area contributed by atoms with Gasteiger partial charge in [-0.25, -0.2) is 0 Å². The van der Waals surface area contributed by atoms with E-state index in [0.29, 0.717) is 6.42 Å². The molecule has 0 aromatic carbocycles. The molecule has 0 rings (SSSR count). The molecule has 25 heavy (non-hydrogen) atoms. The van der Waals surface area contributed by atoms with Crippen molar-refractivity contribution in [3.05, 3.63) is 0 Å². The van der Waals surface area contributed by atoms with Gasteiger partial charge < -0.3 is 25.2 Å². The van der Waals surface area contributed by atoms with Crippen molar-refractivity contribution in [2.45, 2.75) is 89.4 Å². The first-order valence-corrected chi connectivity index (χ1v) is 9.27. The summed E-state index contributed by atoms with van der Waals surface area (Å²) < 4.78 is 4.76. The minimum Gasteiger partial charge on any atom is -0.458 e. The Morgan fingerprint density at radius 3 is 1.92 bits per heavy atom. The smallest absolute Gasteiger partial charge is 0.306 e. The number of rotatable bonds is 16. The predicted octanol–water partition coefficient (Wildman–Crippen LogP) is 1.09. The van der Waals surface area contributed by atoms with Gasteiger partial charge in [-0.3, -0.25) is 9.59 Å². The fourth-order valence-corrected chi connectivity index (χ4v) is 2.40. The van der Waals surface area contributed by atoms with Crippen molar-refractivity contribution in [1.29, 1.82) is 0 Å². The Balaban J connectivity index is 3.68. The van der Waals surface area contributed by atoms with E-state index in [1.54, 1.807) is 0 Å². The molecule has 3 unspecified atom stereocenters. The summed E-state index contributed by atoms with van der Waals surface area (Å²) in [7, 11) is 0. The van der Waals surface area contributed by atoms with Gasteiger partial charge in [-0.1, -0.05) is 58.3 Å². The Morgan fingerprint density at radius 2 is 1.40 bits per heavy atom. The van der Waals surface area contributed by atoms with Crippen molar-refractivity contribution in [3.8, 4) is 0 Å². The number of carbonyl (C=O) groups excluding carboxylic acids is 2. The SMILES string of the molecule is CCCCCCCCCCCC(=O)OCC(=O)C(O)C(O)C(O)CO. The maximum absolute atomic E-state index is 11.6. The summed E-state index contributed by atoms with van der Waals surface area (Å²) in [6.45, 7) is 0.741. The average molecular weight is 362 g/mol. The van der Waals surface area contributed by atoms with Crippen LogP contribution in [0.1, 0.15) is 71.1 Å². The fourth-order valence-electron chi connectivity index (χ4n) is 2.40. The van der Waals surface area contributed by atoms with E-state index >= 15 is 0 Å². The third-order valence-corrected chi connectivity index (χ3v) is 4.09. The van der Waals surface area contributed by atoms with Crippen molar-refractivity contribution >= 4 is 11.8 Å². The zero-order valence-corrected chi connectivity index (χ0v) is 15.2. The van der Waals surface area contributed by atoms with Gasteiger partial charge >= 0.3 is 5.97 Å². The number of unbranched alkanes of at least 4 members (excludes halogenated alkanes) is 8. The highest BCUT2D eigenvalue weighted by Crippen LogP contribution is 2.11. The van der Waals surface area contributed by atoms with Gasteiger partial charge in [0.05, 0.1) is 6.61 Å². The molecule has 0 fully saturated rings. The van der Waals surface area contributed by atoms with Crippen LogP contribution in [-0.2, 0) is 14.3 Å². The van der Waals surface area contributed by atoms with Crippen LogP contribution in [-0.4, -0.2) is 63.7 Å². The van der Waals surface area contributed by atoms with Gasteiger partial charge in [-0.2, -0.15) is 0 Å². The molecule has 4 N–H and O–H groups in total. The van der Waals surface area contributed by atoms with Crippen LogP contribution in [0.2, 0.25) is 0 Å². The maximum Gasteiger partial charge on any atom is 0.306 e. The molecule has 7 nitrogen and oxygen atoms in total. The van der Waals surface area contributed by atoms with Crippen molar-refractivity contribution < 1.29 is 34.8 Å². The van der Waals surface area contributed by atoms with E-state index in [-0.39, 0.29) is 6.42 Å². The van der Waals surface area contributed by atoms with E-state index in [9.17, 15) is 19.8 Å². The molecule has 0 amide bonds. The molecule has 0 aliphatic rings. The van der Waals surface area contributed by atoms with Crippen LogP contribution in [0, 0.1) is 0 Å². The van der Waals surface area contributed by atoms with Crippen molar-refractivity contribution in [1.82, 2.24) is 0 Å². The highest BCUT2D eigenvalue weighted by atomic mass is 16.5. The van der Waals surface area contributed by atoms with Gasteiger partial charge in [0.15, 0.2) is 6.61 Å². The molecular formula is C18H34O7. The van der Waals surface area contributed by atoms with E-state index < -0.39 is 43.3 Å². The average Bonchev–Trinajstić information content (AvgIpc) is 2.62. The molecule has 0 aromatic heterocycles. The maximum atomic E-state index is 11.6. The molecule has 0 radical (unpaired) electrons. The predicted molar refractivity (Wildman–Crippen MR) is 92.9 cm³/mol. The van der Waals surface area contributed by atoms with Crippen molar-refractivity contribution in [2.24, 2.45) is 0 Å². The monoisotopic (exact) mass is 362 g/mol. The summed E-state index contributed by atoms with van der Waals surface area (Å²) in [6.07, 6.45) is 5.02. The second-order valence-corrected chi connectivity index (χ2v) is 6.39. The van der Waals surface area contributed by atoms with Crippen LogP contribution in [0.15, 0.2) is 0 Å². The summed E-state index contributed by atoms with van der Waals surface area (Å²) in [5.41, 5.74) is 0. The summed E-state index contributed by atoms with van der Waals surface area (Å²) >= 11 is 0. The summed E-state index contributed by atoms with van der Waals surface area (Å²) in [4.78, 5) is 23.1. The normalized spacial score (nSPS) is 14.8. The number of Topliss-reactive ketones (excluding diaryl/α,β-unsaturated/α-hetero) is 1. The van der Waals surface area contributed by atoms with Gasteiger partial charge in [-0.05, 0) is 6.42 Å². The molecule has 0 aromatic rings. The molecule has 0 heterocycles. The Labute approximate surface area is 150 Å². The van der Waals surface area contributed by atoms with Crippen LogP contribution in [0.5, 0.6) is 0 Å². The first-order valence-electron chi connectivity index (χ1n) is 9.27. The number of aliphatic hydroxyl groups is 4. The van der Waals surface area contributed by atoms with Gasteiger partial charge in [0.25, 0.3) is 0 Å². The topological polar surface area (TPSA) is 124 Å². The Morgan fingerprint density at radius 1 is 0.880 bits per heavy atom. The summed E-state index contributed by atoms with van der Waals surface area (Å²) in [5.74, 6) is -1.44. The minimum atomic E-state index is -1.90. The van der Waals surface area contributed by atoms with Crippen molar-refractivity contribution in [3.63, 3.8) is 0 Å². The van der Waals surface area contributed by atoms with Crippen LogP contribution >= 0.6 is 0 Å². The van der Waals surface area contributed by atoms with E-state index in [2.05, 4.69) is 6.92 Å². The molecule has 0 saturated heterocycles. The van der Waals surface area contributed by atoms with Gasteiger partial charge in [0.1, 0.15) is 18.3 Å². The lowest BCUT2D eigenvalue weighted by atomic mass is 10.1. The molecule has 7 heteroatoms. The first-order chi connectivity index (χ1) is 11.9. The Hall–Kier alpha value is -1.02. The molecule has 0 spiro atoms. The third kappa shape index (κ3) is 12.0. The fraction of sp³-hybridized carbons (Fsp3) is 0.889. The first kappa shape index (κ1) is 24.0. The lowest BCUT2D eigenvalue weighted by Gasteiger charge is -2.20. The largest absolute Gasteiger partial charge is 0.458 e. The summed E-state index contributed by atoms with van der Waals surface area (Å²) in [5, 5.41) is 36.7. The van der Waals surface area contributed by atoms with Crippen LogP contribution in [0.4, 0.5) is 0 Å². The van der Waals surface area contributed by atoms with E-state index in [1.807, 2.05) is 0 Å². The molecule has 0 aliphatic carbocycles. The van der Waals surface area contributed by atoms with E-state index in [1.165, 1.54) is 32.1 Å². The number of hydrogen-bond acceptors (Lipinski definition) is 7. The Kier molecular flexibility index (Phi) is 14.6. The lowest BCUT2D eigenvalue weighted by molar-refractivity contribution is -0.155. The number of carbonyl (C=O) groups is 2. The number of ketones is 1. The zero-order valence-electron chi connectivity index (χ0n) is 15.2. The zero-order chi connectivity index (χ0) is 19.1. The molecule has 0 bridgehead atoms. The molecule has 148 valence electrons. The van der Waals surface area contributed by atoms with Gasteiger partial charge in [-0.15, -0.1) is 0 Å². The molecular weight excluding hydrogens is 328 g/mol. The van der Waals surface area contributed by atoms with Crippen molar-refractivity contribution in [2.75, 3.05) is 13.2 Å². The summed E-state index contributed by atoms with van der Waals surface area (Å²) in [6, 6.07) is 0. The minimum absolute atomic E-state index is 0.209. The van der Waals surface area contributed by atoms with Gasteiger partial charge in [0.2, 0.25) is 5.78 Å². The van der Waals surface area contributed by atoms with Crippen LogP contribution < -0.4 is 0 Å². The Bertz CT molecular complexity index is 359. The quantitative estimate of drug-likeness (QED) is 0.239. The number of aliphatic hydroxyl groups excluding tert-OH is 4. The van der Waals surface area contributed by atoms with E-state index in [4.69, 9.17) is 14.9 Å². The highest BCUT2D eigenvalue weighted by molar-refractivity contribution is 5.86. The number of ether oxygens (including phenoxy) is 1. The molecule has 0 saturated carbocycles. The van der Waals surface area contributed by atoms with E-state index in [0.717, 1.165) is 19.3 Å². The molecule has 3 atom stereocenters. The third-order valence-electron chi connectivity index (χ3n) is 4.09. The van der Waals surface area contributed by atoms with Crippen LogP contribution in [0.25, 0.3) is 0 Å². The highest BCUT2D eigenvalue weighted by Gasteiger charge is 2.30. The molecule has 0 aliphatic heterocycles. The standard InChI is InChI=1S/C18H34O7/c1-2-3-4-5-6-7-8-9-10-11-16(22)25-13-15(21)18(24)17(23)14(20)12-19/h14,17-20,23-24H,2-13H2,1H3. The van der Waals surface area contributed by atoms with Crippen LogP contribution in [0.3, 0.4) is 0 Å².